The van der Waals surface area contributed by atoms with Gasteiger partial charge in [-0.3, -0.25) is 8.80 Å². The topological polar surface area (TPSA) is 53.7 Å². The molecule has 6 rings (SSSR count). The monoisotopic (exact) mass is 685 g/mol. The van der Waals surface area contributed by atoms with Gasteiger partial charge in [0.05, 0.1) is 0 Å². The number of aromatic nitrogens is 6. The van der Waals surface area contributed by atoms with Crippen LogP contribution in [0.5, 0.6) is 11.5 Å². The molecule has 0 fully saturated rings. The molecule has 0 N–H and O–H groups in total. The molecule has 0 bridgehead atoms. The number of fused-ring (bicyclic) bond motifs is 2. The molecule has 0 radical (unpaired) electrons. The molecular weight excluding hydrogens is 655 g/mol. The maximum Gasteiger partial charge on any atom is 2.00 e. The van der Waals surface area contributed by atoms with Crippen molar-refractivity contribution in [3.63, 3.8) is 0 Å². The van der Waals surface area contributed by atoms with E-state index >= 15 is 0 Å². The van der Waals surface area contributed by atoms with E-state index < -0.39 is 0 Å². The average molecular weight is 686 g/mol. The van der Waals surface area contributed by atoms with Crippen LogP contribution in [0.15, 0.2) is 73.6 Å². The smallest absolute Gasteiger partial charge is 0.509 e. The molecule has 0 saturated heterocycles. The first-order valence-corrected chi connectivity index (χ1v) is 12.4. The number of benzene rings is 2. The van der Waals surface area contributed by atoms with Crippen LogP contribution in [0.3, 0.4) is 0 Å². The van der Waals surface area contributed by atoms with E-state index in [4.69, 9.17) is 4.74 Å². The Balaban J connectivity index is 0.00000294. The van der Waals surface area contributed by atoms with Crippen molar-refractivity contribution in [1.29, 1.82) is 0 Å². The van der Waals surface area contributed by atoms with Gasteiger partial charge in [-0.25, -0.2) is 9.97 Å². The maximum atomic E-state index is 6.25. The van der Waals surface area contributed by atoms with Gasteiger partial charge < -0.3 is 13.9 Å². The maximum absolute atomic E-state index is 6.25. The van der Waals surface area contributed by atoms with Gasteiger partial charge in [0.1, 0.15) is 0 Å². The Hall–Kier alpha value is -3.57. The van der Waals surface area contributed by atoms with Crippen LogP contribution in [-0.4, -0.2) is 27.9 Å². The predicted molar refractivity (Wildman–Crippen MR) is 144 cm³/mol. The minimum Gasteiger partial charge on any atom is -0.509 e. The predicted octanol–water partition coefficient (Wildman–Crippen LogP) is 6.55. The summed E-state index contributed by atoms with van der Waals surface area (Å²) in [5, 5.41) is 0. The van der Waals surface area contributed by atoms with E-state index in [1.54, 1.807) is 0 Å². The van der Waals surface area contributed by atoms with Gasteiger partial charge in [-0.15, -0.1) is 36.4 Å². The molecule has 4 heterocycles. The minimum atomic E-state index is -0.0285. The summed E-state index contributed by atoms with van der Waals surface area (Å²) in [5.74, 6) is 2.90. The fourth-order valence-corrected chi connectivity index (χ4v) is 4.66. The molecule has 0 aliphatic heterocycles. The van der Waals surface area contributed by atoms with Crippen LogP contribution in [-0.2, 0) is 31.9 Å². The third-order valence-electron chi connectivity index (χ3n) is 6.48. The molecule has 0 saturated carbocycles. The molecule has 6 aromatic rings. The van der Waals surface area contributed by atoms with Crippen LogP contribution in [0.2, 0.25) is 0 Å². The molecule has 0 atom stereocenters. The molecular formula is C30H30N6OPt. The van der Waals surface area contributed by atoms with Crippen LogP contribution in [0.25, 0.3) is 22.9 Å². The van der Waals surface area contributed by atoms with E-state index in [9.17, 15) is 0 Å². The Labute approximate surface area is 237 Å². The minimum absolute atomic E-state index is 0. The Morgan fingerprint density at radius 2 is 1.08 bits per heavy atom. The molecule has 4 aromatic heterocycles. The Morgan fingerprint density at radius 3 is 1.47 bits per heavy atom. The molecule has 2 aromatic carbocycles. The van der Waals surface area contributed by atoms with Gasteiger partial charge in [0, 0.05) is 70.9 Å². The van der Waals surface area contributed by atoms with Crippen molar-refractivity contribution in [3.05, 3.63) is 97.1 Å². The number of hydrogen-bond donors (Lipinski definition) is 0. The summed E-state index contributed by atoms with van der Waals surface area (Å²) in [6, 6.07) is 18.6. The van der Waals surface area contributed by atoms with Gasteiger partial charge in [0.2, 0.25) is 11.6 Å². The number of ether oxygens (including phenoxy) is 1. The summed E-state index contributed by atoms with van der Waals surface area (Å²) in [6.07, 6.45) is 11.9. The van der Waals surface area contributed by atoms with E-state index in [1.165, 1.54) is 11.4 Å². The summed E-state index contributed by atoms with van der Waals surface area (Å²) in [4.78, 5) is 9.15. The van der Waals surface area contributed by atoms with Gasteiger partial charge in [-0.1, -0.05) is 52.9 Å². The zero-order chi connectivity index (χ0) is 25.9. The third-order valence-corrected chi connectivity index (χ3v) is 6.48. The van der Waals surface area contributed by atoms with E-state index in [0.717, 1.165) is 22.9 Å². The summed E-state index contributed by atoms with van der Waals surface area (Å²) in [6.45, 7) is 13.2. The normalized spacial score (nSPS) is 12.3. The van der Waals surface area contributed by atoms with Crippen molar-refractivity contribution in [2.75, 3.05) is 0 Å². The van der Waals surface area contributed by atoms with Crippen LogP contribution >= 0.6 is 0 Å². The second kappa shape index (κ2) is 9.32. The van der Waals surface area contributed by atoms with Crippen molar-refractivity contribution in [1.82, 2.24) is 27.9 Å². The number of rotatable bonds is 4. The van der Waals surface area contributed by atoms with Crippen molar-refractivity contribution < 1.29 is 25.8 Å². The Morgan fingerprint density at radius 1 is 0.658 bits per heavy atom. The summed E-state index contributed by atoms with van der Waals surface area (Å²) in [7, 11) is 0. The quantitative estimate of drug-likeness (QED) is 0.198. The number of nitrogens with zero attached hydrogens (tertiary/aromatic N) is 6. The first-order chi connectivity index (χ1) is 17.6. The average Bonchev–Trinajstić information content (AvgIpc) is 3.59. The second-order valence-corrected chi connectivity index (χ2v) is 11.4. The second-order valence-electron chi connectivity index (χ2n) is 11.4. The van der Waals surface area contributed by atoms with E-state index in [-0.39, 0.29) is 31.9 Å². The molecule has 0 amide bonds. The molecule has 196 valence electrons. The van der Waals surface area contributed by atoms with E-state index in [1.807, 2.05) is 61.2 Å². The summed E-state index contributed by atoms with van der Waals surface area (Å²) < 4.78 is 14.6. The SMILES string of the molecule is CC(C)(C)c1cn(-c2[c-]c(Oc3[c-]c(-n4cc(C(C)(C)C)n5ccnc45)ccc3)ccc2)c2nccn12.[Pt+2]. The van der Waals surface area contributed by atoms with Crippen molar-refractivity contribution in [2.24, 2.45) is 0 Å². The molecule has 38 heavy (non-hydrogen) atoms. The summed E-state index contributed by atoms with van der Waals surface area (Å²) in [5.41, 5.74) is 4.01. The number of hydrogen-bond acceptors (Lipinski definition) is 3. The van der Waals surface area contributed by atoms with Crippen molar-refractivity contribution in [3.8, 4) is 22.9 Å². The van der Waals surface area contributed by atoms with Crippen LogP contribution in [0.4, 0.5) is 0 Å². The Bertz CT molecular complexity index is 1610. The summed E-state index contributed by atoms with van der Waals surface area (Å²) >= 11 is 0. The van der Waals surface area contributed by atoms with E-state index in [2.05, 4.69) is 94.0 Å². The van der Waals surface area contributed by atoms with Gasteiger partial charge >= 0.3 is 21.1 Å². The fraction of sp³-hybridized carbons (Fsp3) is 0.267. The zero-order valence-corrected chi connectivity index (χ0v) is 24.6. The van der Waals surface area contributed by atoms with E-state index in [0.29, 0.717) is 11.5 Å². The van der Waals surface area contributed by atoms with Gasteiger partial charge in [0.25, 0.3) is 0 Å². The molecule has 8 heteroatoms. The molecule has 7 nitrogen and oxygen atoms in total. The van der Waals surface area contributed by atoms with Crippen molar-refractivity contribution >= 4 is 11.6 Å². The first-order valence-electron chi connectivity index (χ1n) is 12.4. The third kappa shape index (κ3) is 4.49. The molecule has 0 aliphatic rings. The van der Waals surface area contributed by atoms with Crippen LogP contribution < -0.4 is 4.74 Å². The number of imidazole rings is 4. The standard InChI is InChI=1S/C30H30N6O.Pt/c1-29(2,3)25-19-35(27-31-13-15-33(25)27)21-9-7-11-23(17-21)37-24-12-8-10-22(18-24)36-20-26(30(4,5)6)34-16-14-32-28(34)36;/h7-16,19-20H,1-6H3;/q-2;+2. The van der Waals surface area contributed by atoms with Gasteiger partial charge in [0.15, 0.2) is 0 Å². The van der Waals surface area contributed by atoms with Crippen LogP contribution in [0, 0.1) is 12.1 Å². The Kier molecular flexibility index (Phi) is 6.39. The van der Waals surface area contributed by atoms with Gasteiger partial charge in [-0.05, 0) is 0 Å². The van der Waals surface area contributed by atoms with Crippen molar-refractivity contribution in [2.45, 2.75) is 52.4 Å². The molecule has 0 spiro atoms. The van der Waals surface area contributed by atoms with Crippen LogP contribution in [0.1, 0.15) is 52.9 Å². The molecule has 0 unspecified atom stereocenters. The fourth-order valence-electron chi connectivity index (χ4n) is 4.66. The molecule has 0 aliphatic carbocycles. The van der Waals surface area contributed by atoms with Gasteiger partial charge in [-0.2, -0.15) is 12.1 Å². The first kappa shape index (κ1) is 26.1. The largest absolute Gasteiger partial charge is 2.00 e. The zero-order valence-electron chi connectivity index (χ0n) is 22.3.